The highest BCUT2D eigenvalue weighted by Gasteiger charge is 2.05. The molecule has 1 aromatic carbocycles. The summed E-state index contributed by atoms with van der Waals surface area (Å²) in [6.45, 7) is 0.467. The molecule has 19 heavy (non-hydrogen) atoms. The van der Waals surface area contributed by atoms with E-state index in [-0.39, 0.29) is 12.5 Å². The van der Waals surface area contributed by atoms with E-state index in [4.69, 9.17) is 4.74 Å². The smallest absolute Gasteiger partial charge is 0.258 e. The molecule has 1 aromatic heterocycles. The van der Waals surface area contributed by atoms with Crippen molar-refractivity contribution in [2.24, 2.45) is 0 Å². The van der Waals surface area contributed by atoms with Gasteiger partial charge in [0.2, 0.25) is 0 Å². The Balaban J connectivity index is 1.78. The highest BCUT2D eigenvalue weighted by atomic mass is 79.9. The van der Waals surface area contributed by atoms with Crippen LogP contribution < -0.4 is 10.1 Å². The third kappa shape index (κ3) is 4.37. The van der Waals surface area contributed by atoms with Gasteiger partial charge in [-0.05, 0) is 33.6 Å². The molecular weight excluding hydrogens is 308 g/mol. The monoisotopic (exact) mass is 320 g/mol. The van der Waals surface area contributed by atoms with Crippen LogP contribution in [0.5, 0.6) is 5.75 Å². The number of hydrogen-bond donors (Lipinski definition) is 1. The van der Waals surface area contributed by atoms with Crippen molar-refractivity contribution in [2.75, 3.05) is 6.61 Å². The Bertz CT molecular complexity index is 546. The lowest BCUT2D eigenvalue weighted by Gasteiger charge is -2.08. The van der Waals surface area contributed by atoms with Crippen LogP contribution in [0.15, 0.2) is 53.3 Å². The van der Waals surface area contributed by atoms with Gasteiger partial charge in [0.15, 0.2) is 12.4 Å². The Hall–Kier alpha value is -1.88. The van der Waals surface area contributed by atoms with Crippen molar-refractivity contribution in [1.29, 1.82) is 0 Å². The molecule has 1 N–H and O–H groups in total. The molecule has 98 valence electrons. The Morgan fingerprint density at radius 1 is 1.21 bits per heavy atom. The standard InChI is InChI=1S/C14H13BrN2O2/c15-14-12(7-4-8-16-14)19-10-13(18)17-9-11-5-2-1-3-6-11/h1-8H,9-10H2,(H,17,18). The molecule has 0 spiro atoms. The van der Waals surface area contributed by atoms with Crippen LogP contribution in [0.1, 0.15) is 5.56 Å². The lowest BCUT2D eigenvalue weighted by atomic mass is 10.2. The fraction of sp³-hybridized carbons (Fsp3) is 0.143. The van der Waals surface area contributed by atoms with Gasteiger partial charge in [0.05, 0.1) is 0 Å². The summed E-state index contributed by atoms with van der Waals surface area (Å²) in [6, 6.07) is 13.2. The van der Waals surface area contributed by atoms with E-state index in [0.717, 1.165) is 5.56 Å². The molecule has 1 amide bonds. The highest BCUT2D eigenvalue weighted by Crippen LogP contribution is 2.20. The van der Waals surface area contributed by atoms with Crippen molar-refractivity contribution in [3.8, 4) is 5.75 Å². The zero-order valence-corrected chi connectivity index (χ0v) is 11.8. The van der Waals surface area contributed by atoms with Crippen molar-refractivity contribution in [2.45, 2.75) is 6.54 Å². The van der Waals surface area contributed by atoms with Gasteiger partial charge < -0.3 is 10.1 Å². The van der Waals surface area contributed by atoms with Gasteiger partial charge in [0.1, 0.15) is 4.60 Å². The number of nitrogens with zero attached hydrogens (tertiary/aromatic N) is 1. The van der Waals surface area contributed by atoms with Crippen LogP contribution in [0.3, 0.4) is 0 Å². The number of nitrogens with one attached hydrogen (secondary N) is 1. The van der Waals surface area contributed by atoms with Gasteiger partial charge in [-0.25, -0.2) is 4.98 Å². The van der Waals surface area contributed by atoms with Crippen molar-refractivity contribution in [3.05, 3.63) is 58.8 Å². The predicted octanol–water partition coefficient (Wildman–Crippen LogP) is 2.54. The number of hydrogen-bond acceptors (Lipinski definition) is 3. The summed E-state index contributed by atoms with van der Waals surface area (Å²) in [5.41, 5.74) is 1.05. The van der Waals surface area contributed by atoms with Crippen LogP contribution in [0.2, 0.25) is 0 Å². The lowest BCUT2D eigenvalue weighted by Crippen LogP contribution is -2.28. The maximum absolute atomic E-state index is 11.6. The molecule has 0 aliphatic heterocycles. The van der Waals surface area contributed by atoms with Crippen LogP contribution in [0, 0.1) is 0 Å². The summed E-state index contributed by atoms with van der Waals surface area (Å²) in [4.78, 5) is 15.6. The molecule has 0 bridgehead atoms. The van der Waals surface area contributed by atoms with Crippen molar-refractivity contribution >= 4 is 21.8 Å². The molecule has 0 saturated heterocycles. The van der Waals surface area contributed by atoms with Gasteiger partial charge >= 0.3 is 0 Å². The number of amides is 1. The number of pyridine rings is 1. The first-order valence-corrected chi connectivity index (χ1v) is 6.59. The first-order chi connectivity index (χ1) is 9.25. The zero-order valence-electron chi connectivity index (χ0n) is 10.2. The van der Waals surface area contributed by atoms with Crippen molar-refractivity contribution < 1.29 is 9.53 Å². The largest absolute Gasteiger partial charge is 0.481 e. The van der Waals surface area contributed by atoms with E-state index in [9.17, 15) is 4.79 Å². The lowest BCUT2D eigenvalue weighted by molar-refractivity contribution is -0.123. The molecule has 4 nitrogen and oxygen atoms in total. The molecule has 0 aliphatic carbocycles. The number of carbonyl (C=O) groups is 1. The molecule has 0 unspecified atom stereocenters. The summed E-state index contributed by atoms with van der Waals surface area (Å²) < 4.78 is 5.95. The fourth-order valence-corrected chi connectivity index (χ4v) is 1.83. The molecule has 1 heterocycles. The summed E-state index contributed by atoms with van der Waals surface area (Å²) >= 11 is 3.25. The number of rotatable bonds is 5. The summed E-state index contributed by atoms with van der Waals surface area (Å²) in [5.74, 6) is 0.386. The van der Waals surface area contributed by atoms with Crippen LogP contribution in [-0.4, -0.2) is 17.5 Å². The second-order valence-electron chi connectivity index (χ2n) is 3.84. The van der Waals surface area contributed by atoms with Gasteiger partial charge in [-0.1, -0.05) is 30.3 Å². The van der Waals surface area contributed by atoms with E-state index < -0.39 is 0 Å². The molecule has 0 aliphatic rings. The summed E-state index contributed by atoms with van der Waals surface area (Å²) in [7, 11) is 0. The van der Waals surface area contributed by atoms with Crippen LogP contribution in [0.25, 0.3) is 0 Å². The van der Waals surface area contributed by atoms with Gasteiger partial charge in [0, 0.05) is 12.7 Å². The van der Waals surface area contributed by atoms with Gasteiger partial charge in [-0.15, -0.1) is 0 Å². The molecular formula is C14H13BrN2O2. The van der Waals surface area contributed by atoms with E-state index in [2.05, 4.69) is 26.2 Å². The molecule has 2 rings (SSSR count). The normalized spacial score (nSPS) is 9.95. The van der Waals surface area contributed by atoms with Crippen molar-refractivity contribution in [1.82, 2.24) is 10.3 Å². The Labute approximate surface area is 119 Å². The number of aromatic nitrogens is 1. The number of benzene rings is 1. The van der Waals surface area contributed by atoms with Crippen molar-refractivity contribution in [3.63, 3.8) is 0 Å². The summed E-state index contributed by atoms with van der Waals surface area (Å²) in [5, 5.41) is 2.79. The molecule has 0 atom stereocenters. The van der Waals surface area contributed by atoms with Crippen LogP contribution in [0.4, 0.5) is 0 Å². The quantitative estimate of drug-likeness (QED) is 0.861. The minimum absolute atomic E-state index is 0.0306. The minimum Gasteiger partial charge on any atom is -0.481 e. The SMILES string of the molecule is O=C(COc1cccnc1Br)NCc1ccccc1. The molecule has 0 saturated carbocycles. The highest BCUT2D eigenvalue weighted by molar-refractivity contribution is 9.10. The first kappa shape index (κ1) is 13.5. The third-order valence-electron chi connectivity index (χ3n) is 2.42. The topological polar surface area (TPSA) is 51.2 Å². The summed E-state index contributed by atoms with van der Waals surface area (Å²) in [6.07, 6.45) is 1.65. The predicted molar refractivity (Wildman–Crippen MR) is 75.7 cm³/mol. The zero-order chi connectivity index (χ0) is 13.5. The second kappa shape index (κ2) is 6.89. The Morgan fingerprint density at radius 3 is 2.74 bits per heavy atom. The van der Waals surface area contributed by atoms with E-state index in [1.54, 1.807) is 18.3 Å². The van der Waals surface area contributed by atoms with Gasteiger partial charge in [-0.2, -0.15) is 0 Å². The number of halogens is 1. The Morgan fingerprint density at radius 2 is 2.00 bits per heavy atom. The van der Waals surface area contributed by atoms with E-state index in [1.807, 2.05) is 30.3 Å². The van der Waals surface area contributed by atoms with E-state index in [0.29, 0.717) is 16.9 Å². The van der Waals surface area contributed by atoms with Crippen LogP contribution >= 0.6 is 15.9 Å². The fourth-order valence-electron chi connectivity index (χ4n) is 1.47. The third-order valence-corrected chi connectivity index (χ3v) is 3.01. The number of carbonyl (C=O) groups excluding carboxylic acids is 1. The van der Waals surface area contributed by atoms with E-state index in [1.165, 1.54) is 0 Å². The molecule has 0 radical (unpaired) electrons. The van der Waals surface area contributed by atoms with E-state index >= 15 is 0 Å². The number of ether oxygens (including phenoxy) is 1. The average Bonchev–Trinajstić information content (AvgIpc) is 2.45. The maximum atomic E-state index is 11.6. The second-order valence-corrected chi connectivity index (χ2v) is 4.59. The molecule has 2 aromatic rings. The first-order valence-electron chi connectivity index (χ1n) is 5.79. The Kier molecular flexibility index (Phi) is 4.92. The molecule has 0 fully saturated rings. The van der Waals surface area contributed by atoms with Gasteiger partial charge in [0.25, 0.3) is 5.91 Å². The average molecular weight is 321 g/mol. The minimum atomic E-state index is -0.167. The maximum Gasteiger partial charge on any atom is 0.258 e. The molecule has 5 heteroatoms. The van der Waals surface area contributed by atoms with Gasteiger partial charge in [-0.3, -0.25) is 4.79 Å². The van der Waals surface area contributed by atoms with Crippen LogP contribution in [-0.2, 0) is 11.3 Å².